The molecule has 0 radical (unpaired) electrons. The highest BCUT2D eigenvalue weighted by atomic mass is 32.2. The van der Waals surface area contributed by atoms with Gasteiger partial charge in [0.25, 0.3) is 0 Å². The van der Waals surface area contributed by atoms with Crippen LogP contribution in [0.1, 0.15) is 60.3 Å². The van der Waals surface area contributed by atoms with Crippen molar-refractivity contribution in [2.45, 2.75) is 76.6 Å². The molecule has 3 aliphatic rings. The second-order valence-electron chi connectivity index (χ2n) is 9.19. The van der Waals surface area contributed by atoms with Gasteiger partial charge in [0.15, 0.2) is 5.17 Å². The lowest BCUT2D eigenvalue weighted by molar-refractivity contribution is 0.111. The van der Waals surface area contributed by atoms with Crippen LogP contribution in [-0.4, -0.2) is 70.6 Å². The molecule has 1 aliphatic carbocycles. The number of hydrogen-bond acceptors (Lipinski definition) is 4. The first-order chi connectivity index (χ1) is 11.8. The fourth-order valence-corrected chi connectivity index (χ4v) is 6.12. The summed E-state index contributed by atoms with van der Waals surface area (Å²) in [6, 6.07) is 0.679. The Morgan fingerprint density at radius 2 is 1.80 bits per heavy atom. The average molecular weight is 367 g/mol. The Labute approximate surface area is 159 Å². The van der Waals surface area contributed by atoms with Gasteiger partial charge in [-0.15, -0.1) is 0 Å². The molecule has 0 aromatic carbocycles. The number of thioether (sulfide) groups is 1. The van der Waals surface area contributed by atoms with Gasteiger partial charge in [-0.1, -0.05) is 18.7 Å². The van der Waals surface area contributed by atoms with Crippen molar-refractivity contribution >= 4 is 16.9 Å². The second kappa shape index (κ2) is 7.77. The number of nitrogens with one attached hydrogen (secondary N) is 1. The molecule has 2 aliphatic heterocycles. The summed E-state index contributed by atoms with van der Waals surface area (Å²) in [5.74, 6) is 0.896. The van der Waals surface area contributed by atoms with Gasteiger partial charge in [-0.2, -0.15) is 0 Å². The van der Waals surface area contributed by atoms with Gasteiger partial charge in [-0.05, 0) is 59.3 Å². The first kappa shape index (κ1) is 19.5. The van der Waals surface area contributed by atoms with E-state index in [-0.39, 0.29) is 5.54 Å². The van der Waals surface area contributed by atoms with E-state index in [0.29, 0.717) is 10.8 Å². The SMILES string of the molecule is CC1CCC2(CC1)SC(=NCCN1CCN(C(C)C)CC1)NC2(C)C. The Hall–Kier alpha value is -0.260. The standard InChI is InChI=1S/C20H38N4S/c1-16(2)24-14-12-23(13-15-24)11-10-21-18-22-19(4,5)20(25-18)8-6-17(3)7-9-20/h16-17H,6-15H2,1-5H3,(H,21,22). The van der Waals surface area contributed by atoms with Crippen LogP contribution in [-0.2, 0) is 0 Å². The third-order valence-corrected chi connectivity index (χ3v) is 8.48. The quantitative estimate of drug-likeness (QED) is 0.826. The van der Waals surface area contributed by atoms with Crippen LogP contribution in [0.2, 0.25) is 0 Å². The lowest BCUT2D eigenvalue weighted by Crippen LogP contribution is -2.52. The maximum absolute atomic E-state index is 4.95. The topological polar surface area (TPSA) is 30.9 Å². The van der Waals surface area contributed by atoms with Gasteiger partial charge in [-0.3, -0.25) is 14.8 Å². The van der Waals surface area contributed by atoms with Crippen LogP contribution in [0.3, 0.4) is 0 Å². The Bertz CT molecular complexity index is 472. The van der Waals surface area contributed by atoms with E-state index in [1.807, 2.05) is 11.8 Å². The van der Waals surface area contributed by atoms with Gasteiger partial charge in [0.1, 0.15) is 0 Å². The largest absolute Gasteiger partial charge is 0.359 e. The van der Waals surface area contributed by atoms with Crippen molar-refractivity contribution in [2.24, 2.45) is 10.9 Å². The molecule has 2 saturated heterocycles. The van der Waals surface area contributed by atoms with Gasteiger partial charge < -0.3 is 5.32 Å². The van der Waals surface area contributed by atoms with Crippen molar-refractivity contribution in [3.05, 3.63) is 0 Å². The van der Waals surface area contributed by atoms with Crippen LogP contribution >= 0.6 is 11.8 Å². The molecule has 25 heavy (non-hydrogen) atoms. The highest BCUT2D eigenvalue weighted by molar-refractivity contribution is 8.15. The van der Waals surface area contributed by atoms with E-state index in [1.165, 1.54) is 57.0 Å². The Morgan fingerprint density at radius 3 is 2.40 bits per heavy atom. The third kappa shape index (κ3) is 4.36. The molecule has 0 unspecified atom stereocenters. The summed E-state index contributed by atoms with van der Waals surface area (Å²) in [5.41, 5.74) is 0.166. The molecule has 0 aromatic heterocycles. The molecule has 3 fully saturated rings. The molecular formula is C20H38N4S. The van der Waals surface area contributed by atoms with Crippen molar-refractivity contribution in [3.63, 3.8) is 0 Å². The van der Waals surface area contributed by atoms with Crippen molar-refractivity contribution in [1.82, 2.24) is 15.1 Å². The Morgan fingerprint density at radius 1 is 1.16 bits per heavy atom. The molecule has 1 spiro atoms. The van der Waals surface area contributed by atoms with Gasteiger partial charge in [0.2, 0.25) is 0 Å². The van der Waals surface area contributed by atoms with Gasteiger partial charge in [-0.25, -0.2) is 0 Å². The van der Waals surface area contributed by atoms with E-state index >= 15 is 0 Å². The summed E-state index contributed by atoms with van der Waals surface area (Å²) in [5, 5.41) is 4.95. The predicted molar refractivity (Wildman–Crippen MR) is 111 cm³/mol. The van der Waals surface area contributed by atoms with Gasteiger partial charge in [0.05, 0.1) is 6.54 Å². The summed E-state index contributed by atoms with van der Waals surface area (Å²) in [4.78, 5) is 10.1. The fraction of sp³-hybridized carbons (Fsp3) is 0.950. The van der Waals surface area contributed by atoms with E-state index in [1.54, 1.807) is 0 Å². The van der Waals surface area contributed by atoms with Crippen LogP contribution in [0.25, 0.3) is 0 Å². The van der Waals surface area contributed by atoms with E-state index in [2.05, 4.69) is 49.7 Å². The highest BCUT2D eigenvalue weighted by Gasteiger charge is 2.53. The molecule has 3 rings (SSSR count). The summed E-state index contributed by atoms with van der Waals surface area (Å²) in [6.45, 7) is 18.6. The first-order valence-electron chi connectivity index (χ1n) is 10.3. The predicted octanol–water partition coefficient (Wildman–Crippen LogP) is 3.43. The zero-order valence-corrected chi connectivity index (χ0v) is 17.8. The van der Waals surface area contributed by atoms with E-state index in [4.69, 9.17) is 4.99 Å². The molecule has 5 heteroatoms. The lowest BCUT2D eigenvalue weighted by Gasteiger charge is -2.43. The number of hydrogen-bond donors (Lipinski definition) is 1. The van der Waals surface area contributed by atoms with Crippen LogP contribution in [0.5, 0.6) is 0 Å². The minimum absolute atomic E-state index is 0.166. The third-order valence-electron chi connectivity index (χ3n) is 6.74. The summed E-state index contributed by atoms with van der Waals surface area (Å²) in [7, 11) is 0. The average Bonchev–Trinajstić information content (AvgIpc) is 2.81. The smallest absolute Gasteiger partial charge is 0.157 e. The molecule has 144 valence electrons. The van der Waals surface area contributed by atoms with Crippen LogP contribution < -0.4 is 5.32 Å². The summed E-state index contributed by atoms with van der Waals surface area (Å²) >= 11 is 2.05. The zero-order valence-electron chi connectivity index (χ0n) is 17.0. The summed E-state index contributed by atoms with van der Waals surface area (Å²) < 4.78 is 0.362. The molecule has 1 N–H and O–H groups in total. The van der Waals surface area contributed by atoms with Gasteiger partial charge in [0, 0.05) is 49.1 Å². The molecule has 1 saturated carbocycles. The van der Waals surface area contributed by atoms with Crippen molar-refractivity contribution in [3.8, 4) is 0 Å². The normalized spacial score (nSPS) is 35.6. The number of nitrogens with zero attached hydrogens (tertiary/aromatic N) is 3. The van der Waals surface area contributed by atoms with E-state index in [9.17, 15) is 0 Å². The molecule has 0 amide bonds. The second-order valence-corrected chi connectivity index (χ2v) is 10.6. The molecular weight excluding hydrogens is 328 g/mol. The molecule has 4 nitrogen and oxygen atoms in total. The number of amidine groups is 1. The van der Waals surface area contributed by atoms with Crippen LogP contribution in [0.4, 0.5) is 0 Å². The maximum Gasteiger partial charge on any atom is 0.157 e. The molecule has 0 bridgehead atoms. The molecule has 0 aromatic rings. The number of aliphatic imine (C=N–C) groups is 1. The van der Waals surface area contributed by atoms with Gasteiger partial charge >= 0.3 is 0 Å². The van der Waals surface area contributed by atoms with E-state index in [0.717, 1.165) is 19.0 Å². The molecule has 0 atom stereocenters. The highest BCUT2D eigenvalue weighted by Crippen LogP contribution is 2.52. The Kier molecular flexibility index (Phi) is 6.06. The van der Waals surface area contributed by atoms with Crippen molar-refractivity contribution in [1.29, 1.82) is 0 Å². The fourth-order valence-electron chi connectivity index (χ4n) is 4.54. The minimum Gasteiger partial charge on any atom is -0.359 e. The van der Waals surface area contributed by atoms with Crippen molar-refractivity contribution < 1.29 is 0 Å². The maximum atomic E-state index is 4.95. The Balaban J connectivity index is 1.49. The lowest BCUT2D eigenvalue weighted by atomic mass is 9.73. The summed E-state index contributed by atoms with van der Waals surface area (Å²) in [6.07, 6.45) is 5.39. The van der Waals surface area contributed by atoms with E-state index < -0.39 is 0 Å². The number of piperazine rings is 1. The minimum atomic E-state index is 0.166. The van der Waals surface area contributed by atoms with Crippen LogP contribution in [0.15, 0.2) is 4.99 Å². The number of rotatable bonds is 4. The zero-order chi connectivity index (χ0) is 18.1. The van der Waals surface area contributed by atoms with Crippen molar-refractivity contribution in [2.75, 3.05) is 39.3 Å². The monoisotopic (exact) mass is 366 g/mol. The first-order valence-corrected chi connectivity index (χ1v) is 11.1. The molecule has 2 heterocycles. The van der Waals surface area contributed by atoms with Crippen LogP contribution in [0, 0.1) is 5.92 Å².